The molecule has 4 nitrogen and oxygen atoms in total. The highest BCUT2D eigenvalue weighted by atomic mass is 19.1. The quantitative estimate of drug-likeness (QED) is 0.774. The number of amides is 1. The van der Waals surface area contributed by atoms with Crippen LogP contribution in [-0.2, 0) is 9.47 Å². The summed E-state index contributed by atoms with van der Waals surface area (Å²) in [5, 5.41) is 0. The van der Waals surface area contributed by atoms with Crippen LogP contribution in [0.4, 0.5) is 14.9 Å². The monoisotopic (exact) mass is 251 g/mol. The van der Waals surface area contributed by atoms with E-state index in [9.17, 15) is 9.18 Å². The SMILES string of the molecule is O=C1OC(CC2CO2)CCN1c1ccc(F)cc1. The lowest BCUT2D eigenvalue weighted by Crippen LogP contribution is -2.42. The van der Waals surface area contributed by atoms with E-state index in [4.69, 9.17) is 9.47 Å². The molecule has 2 unspecified atom stereocenters. The van der Waals surface area contributed by atoms with E-state index in [1.807, 2.05) is 0 Å². The molecule has 2 atom stereocenters. The van der Waals surface area contributed by atoms with Crippen molar-refractivity contribution in [2.24, 2.45) is 0 Å². The Balaban J connectivity index is 1.64. The average Bonchev–Trinajstić information content (AvgIpc) is 3.15. The Bertz CT molecular complexity index is 444. The number of epoxide rings is 1. The van der Waals surface area contributed by atoms with Gasteiger partial charge in [0.1, 0.15) is 11.9 Å². The third-order valence-electron chi connectivity index (χ3n) is 3.23. The fourth-order valence-corrected chi connectivity index (χ4v) is 2.15. The van der Waals surface area contributed by atoms with Crippen LogP contribution in [0.1, 0.15) is 12.8 Å². The molecule has 0 spiro atoms. The Labute approximate surface area is 104 Å². The first-order valence-corrected chi connectivity index (χ1v) is 6.08. The van der Waals surface area contributed by atoms with E-state index < -0.39 is 0 Å². The number of rotatable bonds is 3. The number of benzene rings is 1. The smallest absolute Gasteiger partial charge is 0.414 e. The predicted molar refractivity (Wildman–Crippen MR) is 63.0 cm³/mol. The summed E-state index contributed by atoms with van der Waals surface area (Å²) in [4.78, 5) is 13.4. The van der Waals surface area contributed by atoms with Crippen LogP contribution in [0.2, 0.25) is 0 Å². The average molecular weight is 251 g/mol. The molecule has 0 aliphatic carbocycles. The zero-order valence-corrected chi connectivity index (χ0v) is 9.84. The van der Waals surface area contributed by atoms with E-state index in [-0.39, 0.29) is 24.1 Å². The molecule has 2 aliphatic heterocycles. The van der Waals surface area contributed by atoms with E-state index in [1.54, 1.807) is 12.1 Å². The Kier molecular flexibility index (Phi) is 2.91. The van der Waals surface area contributed by atoms with Gasteiger partial charge >= 0.3 is 6.09 Å². The van der Waals surface area contributed by atoms with Gasteiger partial charge < -0.3 is 9.47 Å². The lowest BCUT2D eigenvalue weighted by atomic mass is 10.1. The molecule has 0 radical (unpaired) electrons. The third-order valence-corrected chi connectivity index (χ3v) is 3.23. The van der Waals surface area contributed by atoms with Crippen molar-refractivity contribution in [3.8, 4) is 0 Å². The van der Waals surface area contributed by atoms with Crippen molar-refractivity contribution in [3.05, 3.63) is 30.1 Å². The van der Waals surface area contributed by atoms with Crippen LogP contribution in [0, 0.1) is 5.82 Å². The lowest BCUT2D eigenvalue weighted by molar-refractivity contribution is 0.0744. The van der Waals surface area contributed by atoms with E-state index in [2.05, 4.69) is 0 Å². The van der Waals surface area contributed by atoms with Crippen molar-refractivity contribution in [3.63, 3.8) is 0 Å². The van der Waals surface area contributed by atoms with Gasteiger partial charge in [-0.2, -0.15) is 0 Å². The molecule has 1 aromatic rings. The lowest BCUT2D eigenvalue weighted by Gasteiger charge is -2.31. The van der Waals surface area contributed by atoms with E-state index in [1.165, 1.54) is 17.0 Å². The summed E-state index contributed by atoms with van der Waals surface area (Å²) in [5.74, 6) is -0.312. The molecule has 1 amide bonds. The summed E-state index contributed by atoms with van der Waals surface area (Å²) in [7, 11) is 0. The molecule has 2 saturated heterocycles. The number of carbonyl (C=O) groups is 1. The van der Waals surface area contributed by atoms with Gasteiger partial charge in [-0.25, -0.2) is 9.18 Å². The van der Waals surface area contributed by atoms with Crippen molar-refractivity contribution >= 4 is 11.8 Å². The number of anilines is 1. The summed E-state index contributed by atoms with van der Waals surface area (Å²) < 4.78 is 23.3. The first-order valence-electron chi connectivity index (χ1n) is 6.08. The Morgan fingerprint density at radius 3 is 2.61 bits per heavy atom. The highest BCUT2D eigenvalue weighted by Gasteiger charge is 2.33. The molecule has 0 bridgehead atoms. The number of ether oxygens (including phenoxy) is 2. The van der Waals surface area contributed by atoms with Crippen LogP contribution < -0.4 is 4.90 Å². The van der Waals surface area contributed by atoms with Crippen molar-refractivity contribution in [1.82, 2.24) is 0 Å². The van der Waals surface area contributed by atoms with Gasteiger partial charge in [0.2, 0.25) is 0 Å². The van der Waals surface area contributed by atoms with Crippen LogP contribution in [0.5, 0.6) is 0 Å². The second-order valence-corrected chi connectivity index (χ2v) is 4.61. The maximum Gasteiger partial charge on any atom is 0.414 e. The second-order valence-electron chi connectivity index (χ2n) is 4.61. The topological polar surface area (TPSA) is 42.1 Å². The van der Waals surface area contributed by atoms with E-state index >= 15 is 0 Å². The fraction of sp³-hybridized carbons (Fsp3) is 0.462. The Morgan fingerprint density at radius 1 is 1.28 bits per heavy atom. The molecule has 2 aliphatic rings. The minimum absolute atomic E-state index is 0.0540. The molecule has 0 N–H and O–H groups in total. The zero-order valence-electron chi connectivity index (χ0n) is 9.84. The van der Waals surface area contributed by atoms with Gasteiger partial charge in [-0.3, -0.25) is 4.90 Å². The highest BCUT2D eigenvalue weighted by Crippen LogP contribution is 2.26. The molecule has 0 saturated carbocycles. The zero-order chi connectivity index (χ0) is 12.5. The van der Waals surface area contributed by atoms with Crippen LogP contribution in [0.3, 0.4) is 0 Å². The van der Waals surface area contributed by atoms with Crippen molar-refractivity contribution in [1.29, 1.82) is 0 Å². The number of halogens is 1. The van der Waals surface area contributed by atoms with Crippen molar-refractivity contribution in [2.75, 3.05) is 18.1 Å². The Morgan fingerprint density at radius 2 is 2.00 bits per heavy atom. The number of carbonyl (C=O) groups excluding carboxylic acids is 1. The summed E-state index contributed by atoms with van der Waals surface area (Å²) in [6.45, 7) is 1.37. The van der Waals surface area contributed by atoms with Crippen LogP contribution in [-0.4, -0.2) is 31.5 Å². The maximum absolute atomic E-state index is 12.8. The molecule has 2 heterocycles. The first-order chi connectivity index (χ1) is 8.72. The summed E-state index contributed by atoms with van der Waals surface area (Å²) in [6.07, 6.45) is 1.41. The molecule has 0 aromatic heterocycles. The van der Waals surface area contributed by atoms with Gasteiger partial charge in [-0.1, -0.05) is 0 Å². The number of cyclic esters (lactones) is 1. The van der Waals surface area contributed by atoms with Crippen LogP contribution in [0.25, 0.3) is 0 Å². The number of hydrogen-bond donors (Lipinski definition) is 0. The molecule has 1 aromatic carbocycles. The predicted octanol–water partition coefficient (Wildman–Crippen LogP) is 2.33. The van der Waals surface area contributed by atoms with Gasteiger partial charge in [-0.15, -0.1) is 0 Å². The molecular weight excluding hydrogens is 237 g/mol. The summed E-state index contributed by atoms with van der Waals surface area (Å²) in [5.41, 5.74) is 0.669. The highest BCUT2D eigenvalue weighted by molar-refractivity contribution is 5.88. The first kappa shape index (κ1) is 11.5. The second kappa shape index (κ2) is 4.57. The van der Waals surface area contributed by atoms with Crippen molar-refractivity contribution in [2.45, 2.75) is 25.0 Å². The number of nitrogens with zero attached hydrogens (tertiary/aromatic N) is 1. The number of hydrogen-bond acceptors (Lipinski definition) is 3. The summed E-state index contributed by atoms with van der Waals surface area (Å²) in [6, 6.07) is 5.85. The van der Waals surface area contributed by atoms with Gasteiger partial charge in [0.25, 0.3) is 0 Å². The van der Waals surface area contributed by atoms with Crippen molar-refractivity contribution < 1.29 is 18.7 Å². The third kappa shape index (κ3) is 2.46. The Hall–Kier alpha value is -1.62. The van der Waals surface area contributed by atoms with Gasteiger partial charge in [0.05, 0.1) is 12.7 Å². The molecular formula is C13H14FNO3. The minimum atomic E-state index is -0.362. The largest absolute Gasteiger partial charge is 0.446 e. The fourth-order valence-electron chi connectivity index (χ4n) is 2.15. The normalized spacial score (nSPS) is 26.9. The van der Waals surface area contributed by atoms with E-state index in [0.29, 0.717) is 12.2 Å². The van der Waals surface area contributed by atoms with Crippen LogP contribution >= 0.6 is 0 Å². The minimum Gasteiger partial charge on any atom is -0.446 e. The molecule has 18 heavy (non-hydrogen) atoms. The molecule has 2 fully saturated rings. The van der Waals surface area contributed by atoms with E-state index in [0.717, 1.165) is 19.4 Å². The molecule has 96 valence electrons. The van der Waals surface area contributed by atoms with Gasteiger partial charge in [0.15, 0.2) is 0 Å². The summed E-state index contributed by atoms with van der Waals surface area (Å²) >= 11 is 0. The maximum atomic E-state index is 12.8. The van der Waals surface area contributed by atoms with Gasteiger partial charge in [0, 0.05) is 25.1 Å². The molecule has 5 heteroatoms. The molecule has 3 rings (SSSR count). The van der Waals surface area contributed by atoms with Gasteiger partial charge in [-0.05, 0) is 24.3 Å². The standard InChI is InChI=1S/C13H14FNO3/c14-9-1-3-10(4-2-9)15-6-5-11(18-13(15)16)7-12-8-17-12/h1-4,11-12H,5-8H2. The van der Waals surface area contributed by atoms with Crippen LogP contribution in [0.15, 0.2) is 24.3 Å².